The van der Waals surface area contributed by atoms with E-state index in [9.17, 15) is 9.50 Å². The normalized spacial score (nSPS) is 15.0. The van der Waals surface area contributed by atoms with Crippen LogP contribution in [0.25, 0.3) is 5.82 Å². The molecule has 7 nitrogen and oxygen atoms in total. The average molecular weight is 382 g/mol. The Morgan fingerprint density at radius 3 is 2.79 bits per heavy atom. The molecular weight excluding hydrogens is 359 g/mol. The van der Waals surface area contributed by atoms with E-state index in [-0.39, 0.29) is 11.9 Å². The summed E-state index contributed by atoms with van der Waals surface area (Å²) in [7, 11) is 0. The highest BCUT2D eigenvalue weighted by Crippen LogP contribution is 2.24. The first kappa shape index (κ1) is 18.4. The van der Waals surface area contributed by atoms with E-state index in [4.69, 9.17) is 0 Å². The van der Waals surface area contributed by atoms with E-state index in [1.807, 2.05) is 28.7 Å². The van der Waals surface area contributed by atoms with Crippen molar-refractivity contribution in [2.45, 2.75) is 32.4 Å². The van der Waals surface area contributed by atoms with Gasteiger partial charge in [-0.3, -0.25) is 9.55 Å². The van der Waals surface area contributed by atoms with Gasteiger partial charge in [-0.2, -0.15) is 0 Å². The molecule has 1 saturated heterocycles. The van der Waals surface area contributed by atoms with Gasteiger partial charge in [-0.15, -0.1) is 0 Å². The summed E-state index contributed by atoms with van der Waals surface area (Å²) in [5.41, 5.74) is 1.41. The number of aliphatic hydroxyl groups is 1. The van der Waals surface area contributed by atoms with Crippen LogP contribution < -0.4 is 10.2 Å². The third kappa shape index (κ3) is 3.96. The molecule has 28 heavy (non-hydrogen) atoms. The fraction of sp³-hybridized carbons (Fsp3) is 0.350. The van der Waals surface area contributed by atoms with Crippen molar-refractivity contribution in [2.24, 2.45) is 0 Å². The molecule has 3 heterocycles. The number of halogens is 1. The van der Waals surface area contributed by atoms with Crippen LogP contribution in [0.5, 0.6) is 0 Å². The lowest BCUT2D eigenvalue weighted by Crippen LogP contribution is -2.36. The number of hydrogen-bond donors (Lipinski definition) is 2. The van der Waals surface area contributed by atoms with E-state index in [2.05, 4.69) is 20.3 Å². The van der Waals surface area contributed by atoms with Crippen LogP contribution in [0, 0.1) is 12.7 Å². The van der Waals surface area contributed by atoms with Crippen LogP contribution >= 0.6 is 0 Å². The number of nitrogens with zero attached hydrogens (tertiary/aromatic N) is 5. The third-order valence-electron chi connectivity index (χ3n) is 4.99. The number of aryl methyl sites for hydroxylation is 1. The Balaban J connectivity index is 1.43. The molecule has 1 fully saturated rings. The van der Waals surface area contributed by atoms with Crippen molar-refractivity contribution >= 4 is 11.5 Å². The number of piperidine rings is 1. The van der Waals surface area contributed by atoms with E-state index in [1.54, 1.807) is 30.7 Å². The van der Waals surface area contributed by atoms with Crippen LogP contribution in [0.15, 0.2) is 43.0 Å². The molecule has 0 bridgehead atoms. The van der Waals surface area contributed by atoms with E-state index < -0.39 is 0 Å². The Bertz CT molecular complexity index is 951. The lowest BCUT2D eigenvalue weighted by molar-refractivity contribution is 0.145. The van der Waals surface area contributed by atoms with Crippen LogP contribution in [0.1, 0.15) is 24.2 Å². The molecule has 2 N–H and O–H groups in total. The van der Waals surface area contributed by atoms with Gasteiger partial charge in [0.1, 0.15) is 17.5 Å². The molecule has 0 unspecified atom stereocenters. The first-order valence-electron chi connectivity index (χ1n) is 9.38. The molecule has 0 saturated carbocycles. The summed E-state index contributed by atoms with van der Waals surface area (Å²) < 4.78 is 16.4. The summed E-state index contributed by atoms with van der Waals surface area (Å²) in [5, 5.41) is 12.8. The molecule has 2 aromatic heterocycles. The number of rotatable bonds is 5. The summed E-state index contributed by atoms with van der Waals surface area (Å²) in [5.74, 6) is 1.87. The minimum absolute atomic E-state index is 0.246. The van der Waals surface area contributed by atoms with Gasteiger partial charge in [0.2, 0.25) is 0 Å². The van der Waals surface area contributed by atoms with Gasteiger partial charge >= 0.3 is 0 Å². The average Bonchev–Trinajstić information content (AvgIpc) is 3.13. The fourth-order valence-corrected chi connectivity index (χ4v) is 3.39. The molecule has 1 aromatic carbocycles. The van der Waals surface area contributed by atoms with Crippen LogP contribution in [0.3, 0.4) is 0 Å². The van der Waals surface area contributed by atoms with Crippen molar-refractivity contribution in [1.82, 2.24) is 19.5 Å². The zero-order chi connectivity index (χ0) is 19.5. The minimum atomic E-state index is -0.272. The maximum absolute atomic E-state index is 14.6. The lowest BCUT2D eigenvalue weighted by Gasteiger charge is -2.31. The highest BCUT2D eigenvalue weighted by atomic mass is 19.1. The zero-order valence-corrected chi connectivity index (χ0v) is 15.7. The number of benzene rings is 1. The highest BCUT2D eigenvalue weighted by Gasteiger charge is 2.19. The lowest BCUT2D eigenvalue weighted by atomic mass is 10.1. The summed E-state index contributed by atoms with van der Waals surface area (Å²) in [6.45, 7) is 3.68. The van der Waals surface area contributed by atoms with E-state index in [1.165, 1.54) is 0 Å². The van der Waals surface area contributed by atoms with Gasteiger partial charge in [0.05, 0.1) is 24.2 Å². The van der Waals surface area contributed by atoms with Gasteiger partial charge in [-0.1, -0.05) is 6.07 Å². The molecule has 1 aliphatic rings. The van der Waals surface area contributed by atoms with Crippen LogP contribution in [-0.4, -0.2) is 43.8 Å². The molecule has 0 radical (unpaired) electrons. The van der Waals surface area contributed by atoms with Gasteiger partial charge < -0.3 is 15.3 Å². The summed E-state index contributed by atoms with van der Waals surface area (Å²) in [6.07, 6.45) is 7.93. The maximum Gasteiger partial charge on any atom is 0.159 e. The van der Waals surface area contributed by atoms with Gasteiger partial charge in [0, 0.05) is 32.0 Å². The van der Waals surface area contributed by atoms with E-state index >= 15 is 0 Å². The van der Waals surface area contributed by atoms with Crippen molar-refractivity contribution in [2.75, 3.05) is 23.3 Å². The molecule has 0 atom stereocenters. The molecule has 0 amide bonds. The van der Waals surface area contributed by atoms with Crippen LogP contribution in [0.4, 0.5) is 15.9 Å². The van der Waals surface area contributed by atoms with Crippen molar-refractivity contribution < 1.29 is 9.50 Å². The Kier molecular flexibility index (Phi) is 5.21. The van der Waals surface area contributed by atoms with Crippen LogP contribution in [0.2, 0.25) is 0 Å². The Hall–Kier alpha value is -3.00. The van der Waals surface area contributed by atoms with Crippen molar-refractivity contribution in [1.29, 1.82) is 0 Å². The second-order valence-electron chi connectivity index (χ2n) is 6.96. The Labute approximate surface area is 162 Å². The smallest absolute Gasteiger partial charge is 0.159 e. The van der Waals surface area contributed by atoms with E-state index in [0.29, 0.717) is 49.8 Å². The molecule has 4 rings (SSSR count). The zero-order valence-electron chi connectivity index (χ0n) is 15.7. The molecule has 0 aliphatic carbocycles. The summed E-state index contributed by atoms with van der Waals surface area (Å²) in [4.78, 5) is 14.9. The van der Waals surface area contributed by atoms with Crippen LogP contribution in [-0.2, 0) is 6.54 Å². The molecule has 1 aliphatic heterocycles. The van der Waals surface area contributed by atoms with Crippen molar-refractivity contribution in [3.8, 4) is 5.82 Å². The number of imidazole rings is 1. The maximum atomic E-state index is 14.6. The first-order chi connectivity index (χ1) is 13.6. The monoisotopic (exact) mass is 382 g/mol. The predicted molar refractivity (Wildman–Crippen MR) is 105 cm³/mol. The molecule has 3 aromatic rings. The van der Waals surface area contributed by atoms with E-state index in [0.717, 1.165) is 11.4 Å². The topological polar surface area (TPSA) is 79.1 Å². The summed E-state index contributed by atoms with van der Waals surface area (Å²) in [6, 6.07) is 5.26. The third-order valence-corrected chi connectivity index (χ3v) is 4.99. The first-order valence-corrected chi connectivity index (χ1v) is 9.38. The van der Waals surface area contributed by atoms with Crippen molar-refractivity contribution in [3.63, 3.8) is 0 Å². The Morgan fingerprint density at radius 2 is 2.07 bits per heavy atom. The minimum Gasteiger partial charge on any atom is -0.393 e. The quantitative estimate of drug-likeness (QED) is 0.706. The van der Waals surface area contributed by atoms with Gasteiger partial charge in [0.15, 0.2) is 5.82 Å². The second-order valence-corrected chi connectivity index (χ2v) is 6.96. The predicted octanol–water partition coefficient (Wildman–Crippen LogP) is 2.68. The number of hydrogen-bond acceptors (Lipinski definition) is 6. The number of aliphatic hydroxyl groups excluding tert-OH is 1. The number of nitrogens with one attached hydrogen (secondary N) is 1. The molecule has 146 valence electrons. The van der Waals surface area contributed by atoms with Gasteiger partial charge in [-0.25, -0.2) is 14.4 Å². The SMILES string of the molecule is Cc1nccn1-c1cncc(NCc2ccc(N3CCC(O)CC3)c(F)c2)n1. The largest absolute Gasteiger partial charge is 0.393 e. The molecule has 0 spiro atoms. The number of anilines is 2. The highest BCUT2D eigenvalue weighted by molar-refractivity contribution is 5.50. The van der Waals surface area contributed by atoms with Crippen molar-refractivity contribution in [3.05, 3.63) is 60.2 Å². The summed E-state index contributed by atoms with van der Waals surface area (Å²) >= 11 is 0. The number of aromatic nitrogens is 4. The molecule has 8 heteroatoms. The standard InChI is InChI=1S/C20H23FN6O/c1-14-23-6-9-27(14)20-13-22-12-19(25-20)24-11-15-2-3-18(17(21)10-15)26-7-4-16(28)5-8-26/h2-3,6,9-10,12-13,16,28H,4-5,7-8,11H2,1H3,(H,24,25). The van der Waals surface area contributed by atoms with Gasteiger partial charge in [-0.05, 0) is 37.5 Å². The Morgan fingerprint density at radius 1 is 1.25 bits per heavy atom. The van der Waals surface area contributed by atoms with Gasteiger partial charge in [0.25, 0.3) is 0 Å². The fourth-order valence-electron chi connectivity index (χ4n) is 3.39. The second kappa shape index (κ2) is 7.93. The molecular formula is C20H23FN6O.